The van der Waals surface area contributed by atoms with Crippen LogP contribution in [0.4, 0.5) is 0 Å². The number of aliphatic carboxylic acids is 1. The van der Waals surface area contributed by atoms with Crippen LogP contribution in [0.5, 0.6) is 0 Å². The third kappa shape index (κ3) is 30.0. The van der Waals surface area contributed by atoms with Crippen LogP contribution in [-0.2, 0) is 33.4 Å². The number of methoxy groups -OCH3 is 1. The average molecular weight is 465 g/mol. The van der Waals surface area contributed by atoms with Crippen molar-refractivity contribution in [3.63, 3.8) is 0 Å². The van der Waals surface area contributed by atoms with E-state index >= 15 is 0 Å². The minimum absolute atomic E-state index is 0. The van der Waals surface area contributed by atoms with Crippen LogP contribution in [0.3, 0.4) is 0 Å². The van der Waals surface area contributed by atoms with Crippen LogP contribution >= 0.6 is 0 Å². The van der Waals surface area contributed by atoms with Crippen LogP contribution in [0.25, 0.3) is 0 Å². The van der Waals surface area contributed by atoms with Crippen molar-refractivity contribution in [3.8, 4) is 0 Å². The number of nitrogens with one attached hydrogen (secondary N) is 1. The van der Waals surface area contributed by atoms with Crippen LogP contribution < -0.4 is 5.32 Å². The van der Waals surface area contributed by atoms with E-state index in [1.807, 2.05) is 0 Å². The summed E-state index contributed by atoms with van der Waals surface area (Å²) in [7, 11) is 1.35. The third-order valence-corrected chi connectivity index (χ3v) is 3.80. The first kappa shape index (κ1) is 34.4. The van der Waals surface area contributed by atoms with Crippen LogP contribution in [-0.4, -0.2) is 86.9 Å². The number of carbonyl (C=O) groups is 4. The maximum Gasteiger partial charge on any atom is 0.307 e. The summed E-state index contributed by atoms with van der Waals surface area (Å²) in [6.45, 7) is 10.6. The summed E-state index contributed by atoms with van der Waals surface area (Å²) >= 11 is 0. The monoisotopic (exact) mass is 464 g/mol. The van der Waals surface area contributed by atoms with Crippen molar-refractivity contribution in [1.82, 2.24) is 10.2 Å². The highest BCUT2D eigenvalue weighted by molar-refractivity contribution is 5.70. The fourth-order valence-electron chi connectivity index (χ4n) is 1.70. The summed E-state index contributed by atoms with van der Waals surface area (Å²) in [6.07, 6.45) is 3.57. The van der Waals surface area contributed by atoms with Crippen molar-refractivity contribution < 1.29 is 38.5 Å². The number of hydrogen-bond donors (Lipinski definition) is 2. The number of ether oxygens (including phenoxy) is 3. The Bertz CT molecular complexity index is 476. The zero-order chi connectivity index (χ0) is 23.9. The molecule has 32 heavy (non-hydrogen) atoms. The molecule has 0 aromatic carbocycles. The normalized spacial score (nSPS) is 11.4. The lowest BCUT2D eigenvalue weighted by molar-refractivity contribution is -0.144. The van der Waals surface area contributed by atoms with Crippen LogP contribution in [0.15, 0.2) is 0 Å². The molecule has 0 aromatic heterocycles. The molecule has 0 aromatic rings. The number of carboxylic acids is 1. The Morgan fingerprint density at radius 2 is 1.47 bits per heavy atom. The molecule has 0 unspecified atom stereocenters. The van der Waals surface area contributed by atoms with E-state index in [4.69, 9.17) is 14.6 Å². The van der Waals surface area contributed by atoms with Gasteiger partial charge >= 0.3 is 23.9 Å². The Balaban J connectivity index is -0.000000426. The van der Waals surface area contributed by atoms with E-state index < -0.39 is 5.97 Å². The lowest BCUT2D eigenvalue weighted by Crippen LogP contribution is -2.24. The Kier molecular flexibility index (Phi) is 27.0. The molecule has 10 heteroatoms. The Morgan fingerprint density at radius 1 is 0.875 bits per heavy atom. The first-order valence-corrected chi connectivity index (χ1v) is 10.8. The van der Waals surface area contributed by atoms with Gasteiger partial charge in [0.1, 0.15) is 6.61 Å². The highest BCUT2D eigenvalue weighted by Gasteiger charge is 2.17. The minimum atomic E-state index is -0.745. The zero-order valence-corrected chi connectivity index (χ0v) is 19.4. The molecule has 1 saturated heterocycles. The van der Waals surface area contributed by atoms with Gasteiger partial charge in [0.2, 0.25) is 0 Å². The van der Waals surface area contributed by atoms with Gasteiger partial charge in [0, 0.05) is 45.6 Å². The van der Waals surface area contributed by atoms with Crippen molar-refractivity contribution in [2.45, 2.75) is 66.7 Å². The summed E-state index contributed by atoms with van der Waals surface area (Å²) in [4.78, 5) is 43.9. The smallest absolute Gasteiger partial charge is 0.307 e. The first-order chi connectivity index (χ1) is 14.8. The third-order valence-electron chi connectivity index (χ3n) is 3.80. The van der Waals surface area contributed by atoms with Gasteiger partial charge in [-0.05, 0) is 6.42 Å². The summed E-state index contributed by atoms with van der Waals surface area (Å²) in [5.41, 5.74) is 0. The lowest BCUT2D eigenvalue weighted by atomic mass is 10.3. The molecule has 0 atom stereocenters. The molecule has 2 N–H and O–H groups in total. The van der Waals surface area contributed by atoms with Gasteiger partial charge in [-0.25, -0.2) is 0 Å². The van der Waals surface area contributed by atoms with Crippen molar-refractivity contribution in [1.29, 1.82) is 0 Å². The number of carboxylic acid groups (broad SMARTS) is 1. The highest BCUT2D eigenvalue weighted by Crippen LogP contribution is 2.04. The predicted molar refractivity (Wildman–Crippen MR) is 122 cm³/mol. The van der Waals surface area contributed by atoms with E-state index in [9.17, 15) is 19.2 Å². The Morgan fingerprint density at radius 3 is 1.94 bits per heavy atom. The molecule has 1 aliphatic rings. The van der Waals surface area contributed by atoms with Crippen LogP contribution in [0.2, 0.25) is 0 Å². The number of nitrogens with zero attached hydrogens (tertiary/aromatic N) is 1. The summed E-state index contributed by atoms with van der Waals surface area (Å²) in [5.74, 6) is -1.25. The standard InChI is InChI=1S/C9H17NO4.C9H17NO2.C3H6O2.CH4/c1-3-8(11)14-7-6-10-5-4-9(12)13-2;1-2-3-8-12-9(11)4-5-10-6-7-10;1-2-3(4)5;/h10H,3-7H2,1-2H3;2-8H2,1H3;2H2,1H3,(H,4,5);1H4. The Labute approximate surface area is 193 Å². The predicted octanol–water partition coefficient (Wildman–Crippen LogP) is 2.24. The van der Waals surface area contributed by atoms with Gasteiger partial charge < -0.3 is 29.5 Å². The van der Waals surface area contributed by atoms with Gasteiger partial charge in [-0.15, -0.1) is 0 Å². The van der Waals surface area contributed by atoms with E-state index in [0.717, 1.165) is 32.5 Å². The molecule has 0 aliphatic carbocycles. The fourth-order valence-corrected chi connectivity index (χ4v) is 1.70. The van der Waals surface area contributed by atoms with Crippen molar-refractivity contribution in [3.05, 3.63) is 0 Å². The van der Waals surface area contributed by atoms with Crippen LogP contribution in [0, 0.1) is 0 Å². The second-order valence-electron chi connectivity index (χ2n) is 6.56. The molecular weight excluding hydrogens is 420 g/mol. The van der Waals surface area contributed by atoms with Gasteiger partial charge in [0.05, 0.1) is 26.6 Å². The fraction of sp³-hybridized carbons (Fsp3) is 0.818. The lowest BCUT2D eigenvalue weighted by Gasteiger charge is -2.04. The molecule has 10 nitrogen and oxygen atoms in total. The molecular formula is C22H44N2O8. The van der Waals surface area contributed by atoms with E-state index in [0.29, 0.717) is 45.6 Å². The maximum atomic E-state index is 11.0. The van der Waals surface area contributed by atoms with Gasteiger partial charge in [-0.1, -0.05) is 34.6 Å². The van der Waals surface area contributed by atoms with Crippen molar-refractivity contribution in [2.24, 2.45) is 0 Å². The van der Waals surface area contributed by atoms with E-state index in [-0.39, 0.29) is 31.8 Å². The van der Waals surface area contributed by atoms with E-state index in [1.165, 1.54) is 7.11 Å². The first-order valence-electron chi connectivity index (χ1n) is 10.8. The molecule has 0 saturated carbocycles. The molecule has 1 aliphatic heterocycles. The number of unbranched alkanes of at least 4 members (excludes halogenated alkanes) is 1. The summed E-state index contributed by atoms with van der Waals surface area (Å²) in [6, 6.07) is 0. The maximum absolute atomic E-state index is 11.0. The van der Waals surface area contributed by atoms with Gasteiger partial charge in [-0.3, -0.25) is 19.2 Å². The second kappa shape index (κ2) is 25.1. The zero-order valence-electron chi connectivity index (χ0n) is 19.4. The number of rotatable bonds is 14. The Hall–Kier alpha value is -2.20. The molecule has 1 rings (SSSR count). The van der Waals surface area contributed by atoms with Crippen LogP contribution in [0.1, 0.15) is 66.7 Å². The van der Waals surface area contributed by atoms with Gasteiger partial charge in [0.25, 0.3) is 0 Å². The second-order valence-corrected chi connectivity index (χ2v) is 6.56. The molecule has 0 amide bonds. The minimum Gasteiger partial charge on any atom is -0.481 e. The average Bonchev–Trinajstić information content (AvgIpc) is 3.59. The molecule has 0 spiro atoms. The molecule has 0 bridgehead atoms. The highest BCUT2D eigenvalue weighted by atomic mass is 16.5. The number of esters is 3. The SMILES string of the molecule is C.CCC(=O)O.CCC(=O)OCCNCCC(=O)OC.CCCCOC(=O)CCN1CC1. The molecule has 1 heterocycles. The van der Waals surface area contributed by atoms with Crippen molar-refractivity contribution in [2.75, 3.05) is 53.0 Å². The van der Waals surface area contributed by atoms with Gasteiger partial charge in [-0.2, -0.15) is 0 Å². The summed E-state index contributed by atoms with van der Waals surface area (Å²) in [5, 5.41) is 10.7. The molecule has 1 fully saturated rings. The molecule has 0 radical (unpaired) electrons. The number of carbonyl (C=O) groups excluding carboxylic acids is 3. The molecule has 190 valence electrons. The van der Waals surface area contributed by atoms with E-state index in [1.54, 1.807) is 13.8 Å². The topological polar surface area (TPSA) is 131 Å². The van der Waals surface area contributed by atoms with Gasteiger partial charge in [0.15, 0.2) is 0 Å². The number of hydrogen-bond acceptors (Lipinski definition) is 9. The largest absolute Gasteiger partial charge is 0.481 e. The van der Waals surface area contributed by atoms with Crippen molar-refractivity contribution >= 4 is 23.9 Å². The van der Waals surface area contributed by atoms with E-state index in [2.05, 4.69) is 21.9 Å². The summed E-state index contributed by atoms with van der Waals surface area (Å²) < 4.78 is 14.3. The quantitative estimate of drug-likeness (QED) is 0.171.